The smallest absolute Gasteiger partial charge is 0.319 e. The number of Topliss-reactive ketones (excluding diaryl/α,β-unsaturated/α-hetero) is 1. The molecule has 3 aliphatic rings. The van der Waals surface area contributed by atoms with Crippen molar-refractivity contribution in [2.24, 2.45) is 28.6 Å². The van der Waals surface area contributed by atoms with Crippen LogP contribution in [0.1, 0.15) is 99.3 Å². The van der Waals surface area contributed by atoms with Crippen LogP contribution in [0.2, 0.25) is 0 Å². The van der Waals surface area contributed by atoms with Crippen molar-refractivity contribution < 1.29 is 28.8 Å². The van der Waals surface area contributed by atoms with Crippen LogP contribution in [0, 0.1) is 28.6 Å². The number of allylic oxidation sites excluding steroid dienone is 1. The number of carbonyl (C=O) groups is 6. The predicted octanol–water partition coefficient (Wildman–Crippen LogP) is 5.26. The third-order valence-corrected chi connectivity index (χ3v) is 10.9. The zero-order chi connectivity index (χ0) is 39.6. The molecule has 0 radical (unpaired) electrons. The third kappa shape index (κ3) is 11.5. The molecule has 0 spiro atoms. The van der Waals surface area contributed by atoms with Gasteiger partial charge in [0.1, 0.15) is 18.1 Å². The second-order valence-electron chi connectivity index (χ2n) is 17.1. The van der Waals surface area contributed by atoms with E-state index in [1.165, 1.54) is 11.0 Å². The molecule has 54 heavy (non-hydrogen) atoms. The van der Waals surface area contributed by atoms with Crippen LogP contribution in [0.4, 0.5) is 10.5 Å². The molecule has 2 saturated carbocycles. The summed E-state index contributed by atoms with van der Waals surface area (Å²) >= 11 is 0. The van der Waals surface area contributed by atoms with Gasteiger partial charge in [-0.2, -0.15) is 0 Å². The zero-order valence-electron chi connectivity index (χ0n) is 33.0. The molecular weight excluding hydrogens is 684 g/mol. The maximum absolute atomic E-state index is 14.8. The van der Waals surface area contributed by atoms with Crippen LogP contribution >= 0.6 is 0 Å². The number of urea groups is 1. The van der Waals surface area contributed by atoms with E-state index >= 15 is 0 Å². The summed E-state index contributed by atoms with van der Waals surface area (Å²) in [7, 11) is 0. The number of benzene rings is 1. The lowest BCUT2D eigenvalue weighted by molar-refractivity contribution is -0.146. The Kier molecular flexibility index (Phi) is 14.6. The average molecular weight is 747 g/mol. The number of hydrogen-bond donors (Lipinski definition) is 5. The van der Waals surface area contributed by atoms with Crippen LogP contribution in [0.5, 0.6) is 0 Å². The summed E-state index contributed by atoms with van der Waals surface area (Å²) in [6, 6.07) is 4.49. The topological polar surface area (TPSA) is 166 Å². The first-order chi connectivity index (χ1) is 25.5. The molecule has 6 amide bonds. The Labute approximate surface area is 321 Å². The van der Waals surface area contributed by atoms with Gasteiger partial charge in [0.05, 0.1) is 6.04 Å². The zero-order valence-corrected chi connectivity index (χ0v) is 33.0. The van der Waals surface area contributed by atoms with E-state index in [0.29, 0.717) is 18.5 Å². The van der Waals surface area contributed by atoms with Crippen molar-refractivity contribution in [3.05, 3.63) is 55.1 Å². The maximum Gasteiger partial charge on any atom is 0.319 e. The fourth-order valence-electron chi connectivity index (χ4n) is 7.62. The first-order valence-corrected chi connectivity index (χ1v) is 19.7. The van der Waals surface area contributed by atoms with Crippen molar-refractivity contribution in [3.63, 3.8) is 0 Å². The summed E-state index contributed by atoms with van der Waals surface area (Å²) in [5, 5.41) is 14.2. The van der Waals surface area contributed by atoms with E-state index in [9.17, 15) is 28.8 Å². The van der Waals surface area contributed by atoms with Gasteiger partial charge in [0.2, 0.25) is 23.5 Å². The molecule has 5 N–H and O–H groups in total. The van der Waals surface area contributed by atoms with Gasteiger partial charge in [-0.1, -0.05) is 110 Å². The standard InChI is InChI=1S/C42H62N6O6/c1-8-24-43-37(51)33(49)31(26-28-18-19-28)45-36(50)32-29(20-17-27(2)3)21-25-48(32)39(53)35(41(4,5)6)46-38(52)34(42(7)22-13-10-14-23-42)47-40(54)44-30-15-11-9-12-16-30/h8-9,11-12,15-17,20,27-29,31-32,34-35H,1,10,13-14,18-19,21-26H2,2-7H3,(H,43,51)(H,45,50)(H,46,52)(H2,44,47,54)/b20-17+/t29?,31?,32-,34+,35+/m0/s1. The van der Waals surface area contributed by atoms with Gasteiger partial charge in [-0.25, -0.2) is 4.79 Å². The minimum absolute atomic E-state index is 0.120. The first kappa shape index (κ1) is 42.3. The van der Waals surface area contributed by atoms with Crippen molar-refractivity contribution in [2.45, 2.75) is 123 Å². The minimum Gasteiger partial charge on any atom is -0.346 e. The van der Waals surface area contributed by atoms with Gasteiger partial charge in [0.25, 0.3) is 5.91 Å². The van der Waals surface area contributed by atoms with E-state index in [1.807, 2.05) is 71.9 Å². The summed E-state index contributed by atoms with van der Waals surface area (Å²) in [4.78, 5) is 84.4. The molecule has 2 unspecified atom stereocenters. The second kappa shape index (κ2) is 18.7. The Morgan fingerprint density at radius 1 is 0.944 bits per heavy atom. The summed E-state index contributed by atoms with van der Waals surface area (Å²) in [6.07, 6.45) is 12.4. The van der Waals surface area contributed by atoms with Gasteiger partial charge in [-0.15, -0.1) is 6.58 Å². The van der Waals surface area contributed by atoms with Crippen LogP contribution in [0.25, 0.3) is 0 Å². The largest absolute Gasteiger partial charge is 0.346 e. The van der Waals surface area contributed by atoms with E-state index in [1.54, 1.807) is 12.1 Å². The van der Waals surface area contributed by atoms with Crippen LogP contribution in [-0.4, -0.2) is 77.6 Å². The van der Waals surface area contributed by atoms with Crippen molar-refractivity contribution in [3.8, 4) is 0 Å². The number of rotatable bonds is 16. The summed E-state index contributed by atoms with van der Waals surface area (Å²) in [5.74, 6) is -2.85. The Bertz CT molecular complexity index is 1540. The number of para-hydroxylation sites is 1. The second-order valence-corrected chi connectivity index (χ2v) is 17.1. The Morgan fingerprint density at radius 2 is 1.61 bits per heavy atom. The number of carbonyl (C=O) groups excluding carboxylic acids is 6. The molecular formula is C42H62N6O6. The molecule has 1 aromatic carbocycles. The van der Waals surface area contributed by atoms with E-state index < -0.39 is 70.4 Å². The van der Waals surface area contributed by atoms with Crippen LogP contribution in [-0.2, 0) is 24.0 Å². The van der Waals surface area contributed by atoms with Crippen LogP contribution in [0.3, 0.4) is 0 Å². The molecule has 1 saturated heterocycles. The monoisotopic (exact) mass is 746 g/mol. The van der Waals surface area contributed by atoms with Crippen molar-refractivity contribution in [1.29, 1.82) is 0 Å². The highest BCUT2D eigenvalue weighted by Crippen LogP contribution is 2.40. The first-order valence-electron chi connectivity index (χ1n) is 19.7. The summed E-state index contributed by atoms with van der Waals surface area (Å²) in [5.41, 5.74) is -0.743. The number of nitrogens with one attached hydrogen (secondary N) is 5. The highest BCUT2D eigenvalue weighted by atomic mass is 16.2. The molecule has 0 bridgehead atoms. The fourth-order valence-corrected chi connectivity index (χ4v) is 7.62. The van der Waals surface area contributed by atoms with E-state index in [0.717, 1.165) is 44.9 Å². The molecule has 1 aliphatic heterocycles. The molecule has 5 atom stereocenters. The number of anilines is 1. The van der Waals surface area contributed by atoms with Crippen LogP contribution < -0.4 is 26.6 Å². The third-order valence-electron chi connectivity index (χ3n) is 10.9. The van der Waals surface area contributed by atoms with Gasteiger partial charge < -0.3 is 31.5 Å². The molecule has 4 rings (SSSR count). The molecule has 12 heteroatoms. The van der Waals surface area contributed by atoms with Crippen molar-refractivity contribution in [2.75, 3.05) is 18.4 Å². The Hall–Kier alpha value is -4.48. The predicted molar refractivity (Wildman–Crippen MR) is 210 cm³/mol. The molecule has 12 nitrogen and oxygen atoms in total. The number of nitrogens with zero attached hydrogens (tertiary/aromatic N) is 1. The highest BCUT2D eigenvalue weighted by molar-refractivity contribution is 6.38. The van der Waals surface area contributed by atoms with Crippen LogP contribution in [0.15, 0.2) is 55.1 Å². The fraction of sp³-hybridized carbons (Fsp3) is 0.619. The quantitative estimate of drug-likeness (QED) is 0.114. The lowest BCUT2D eigenvalue weighted by atomic mass is 9.70. The van der Waals surface area contributed by atoms with E-state index in [-0.39, 0.29) is 30.8 Å². The lowest BCUT2D eigenvalue weighted by Gasteiger charge is -2.42. The van der Waals surface area contributed by atoms with E-state index in [4.69, 9.17) is 0 Å². The molecule has 0 aromatic heterocycles. The number of likely N-dealkylation sites (tertiary alicyclic amines) is 1. The number of amides is 6. The molecule has 3 fully saturated rings. The normalized spacial score (nSPS) is 21.4. The van der Waals surface area contributed by atoms with Gasteiger partial charge in [0.15, 0.2) is 0 Å². The minimum atomic E-state index is -1.05. The Balaban J connectivity index is 1.61. The van der Waals surface area contributed by atoms with E-state index in [2.05, 4.69) is 33.2 Å². The van der Waals surface area contributed by atoms with Crippen molar-refractivity contribution >= 4 is 41.1 Å². The number of hydrogen-bond acceptors (Lipinski definition) is 6. The maximum atomic E-state index is 14.8. The highest BCUT2D eigenvalue weighted by Gasteiger charge is 2.48. The van der Waals surface area contributed by atoms with Gasteiger partial charge in [-0.3, -0.25) is 24.0 Å². The molecule has 2 aliphatic carbocycles. The molecule has 1 heterocycles. The van der Waals surface area contributed by atoms with Gasteiger partial charge >= 0.3 is 6.03 Å². The summed E-state index contributed by atoms with van der Waals surface area (Å²) < 4.78 is 0. The Morgan fingerprint density at radius 3 is 2.20 bits per heavy atom. The average Bonchev–Trinajstić information content (AvgIpc) is 3.84. The lowest BCUT2D eigenvalue weighted by Crippen LogP contribution is -2.63. The van der Waals surface area contributed by atoms with Crippen molar-refractivity contribution in [1.82, 2.24) is 26.2 Å². The SMILES string of the molecule is C=CCNC(=O)C(=O)C(CC1CC1)NC(=O)[C@@H]1C(/C=C/C(C)C)CCN1C(=O)[C@@H](NC(=O)[C@@H](NC(=O)Nc1ccccc1)C1(C)CCCCC1)C(C)(C)C. The van der Waals surface area contributed by atoms with Gasteiger partial charge in [0, 0.05) is 24.7 Å². The number of ketones is 1. The van der Waals surface area contributed by atoms with Gasteiger partial charge in [-0.05, 0) is 60.5 Å². The molecule has 296 valence electrons. The molecule has 1 aromatic rings. The summed E-state index contributed by atoms with van der Waals surface area (Å²) in [6.45, 7) is 15.6.